The number of aromatic hydroxyl groups is 2. The van der Waals surface area contributed by atoms with Crippen molar-refractivity contribution in [3.05, 3.63) is 68.2 Å². The molecule has 6 rings (SSSR count). The number of nitrogens with zero attached hydrogens (tertiary/aromatic N) is 4. The number of hydrogen-bond donors (Lipinski definition) is 2. The highest BCUT2D eigenvalue weighted by Gasteiger charge is 2.23. The molecule has 8 nitrogen and oxygen atoms in total. The zero-order chi connectivity index (χ0) is 22.0. The Labute approximate surface area is 181 Å². The third-order valence-electron chi connectivity index (χ3n) is 6.54. The molecule has 2 aromatic carbocycles. The molecule has 160 valence electrons. The van der Waals surface area contributed by atoms with E-state index in [1.165, 1.54) is 0 Å². The molecule has 2 aliphatic rings. The average molecular weight is 428 g/mol. The molecule has 4 heterocycles. The highest BCUT2D eigenvalue weighted by atomic mass is 16.3. The molecule has 0 aliphatic carbocycles. The van der Waals surface area contributed by atoms with E-state index >= 15 is 0 Å². The van der Waals surface area contributed by atoms with E-state index in [0.717, 1.165) is 36.8 Å². The minimum atomic E-state index is -0.463. The average Bonchev–Trinajstić information content (AvgIpc) is 2.82. The molecule has 0 fully saturated rings. The number of rotatable bonds is 2. The lowest BCUT2D eigenvalue weighted by molar-refractivity contribution is 0.475. The summed E-state index contributed by atoms with van der Waals surface area (Å²) in [6.45, 7) is 1.04. The van der Waals surface area contributed by atoms with Crippen LogP contribution < -0.4 is 11.1 Å². The molecule has 0 saturated carbocycles. The van der Waals surface area contributed by atoms with Crippen molar-refractivity contribution < 1.29 is 10.2 Å². The Morgan fingerprint density at radius 1 is 0.688 bits per heavy atom. The Balaban J connectivity index is 1.59. The van der Waals surface area contributed by atoms with E-state index in [-0.39, 0.29) is 22.9 Å². The topological polar surface area (TPSA) is 109 Å². The fourth-order valence-corrected chi connectivity index (χ4v) is 5.08. The molecular weight excluding hydrogens is 408 g/mol. The van der Waals surface area contributed by atoms with Gasteiger partial charge in [0.25, 0.3) is 11.1 Å². The molecule has 2 aromatic heterocycles. The highest BCUT2D eigenvalue weighted by Crippen LogP contribution is 2.38. The highest BCUT2D eigenvalue weighted by molar-refractivity contribution is 5.93. The van der Waals surface area contributed by atoms with Crippen molar-refractivity contribution in [1.29, 1.82) is 0 Å². The molecule has 0 saturated heterocycles. The van der Waals surface area contributed by atoms with Gasteiger partial charge in [-0.1, -0.05) is 24.3 Å². The number of aromatic nitrogens is 2. The second-order valence-electron chi connectivity index (χ2n) is 8.34. The first kappa shape index (κ1) is 18.8. The lowest BCUT2D eigenvalue weighted by Gasteiger charge is -2.20. The van der Waals surface area contributed by atoms with Crippen molar-refractivity contribution >= 4 is 33.2 Å². The van der Waals surface area contributed by atoms with Crippen molar-refractivity contribution in [3.63, 3.8) is 0 Å². The van der Waals surface area contributed by atoms with E-state index in [0.29, 0.717) is 34.9 Å². The maximum absolute atomic E-state index is 13.1. The van der Waals surface area contributed by atoms with Crippen LogP contribution in [0.25, 0.3) is 21.8 Å². The summed E-state index contributed by atoms with van der Waals surface area (Å²) >= 11 is 0. The summed E-state index contributed by atoms with van der Waals surface area (Å²) in [6.07, 6.45) is 3.30. The molecule has 0 spiro atoms. The van der Waals surface area contributed by atoms with Crippen molar-refractivity contribution in [2.24, 2.45) is 10.2 Å². The Hall–Kier alpha value is -3.94. The van der Waals surface area contributed by atoms with Gasteiger partial charge in [-0.25, -0.2) is 0 Å². The largest absolute Gasteiger partial charge is 0.505 e. The van der Waals surface area contributed by atoms with Crippen LogP contribution in [0.15, 0.2) is 56.2 Å². The summed E-state index contributed by atoms with van der Waals surface area (Å²) in [5, 5.41) is 30.7. The van der Waals surface area contributed by atoms with Gasteiger partial charge in [-0.05, 0) is 48.9 Å². The van der Waals surface area contributed by atoms with Gasteiger partial charge in [-0.2, -0.15) is 0 Å². The van der Waals surface area contributed by atoms with Gasteiger partial charge in [0, 0.05) is 23.9 Å². The number of benzene rings is 2. The number of azo groups is 1. The fraction of sp³-hybridized carbons (Fsp3) is 0.250. The third-order valence-corrected chi connectivity index (χ3v) is 6.54. The Kier molecular flexibility index (Phi) is 3.98. The Morgan fingerprint density at radius 2 is 1.12 bits per heavy atom. The van der Waals surface area contributed by atoms with Crippen LogP contribution in [0.3, 0.4) is 0 Å². The van der Waals surface area contributed by atoms with E-state index in [4.69, 9.17) is 0 Å². The molecule has 32 heavy (non-hydrogen) atoms. The van der Waals surface area contributed by atoms with Gasteiger partial charge in [0.1, 0.15) is 0 Å². The van der Waals surface area contributed by atoms with Crippen LogP contribution in [0.1, 0.15) is 24.0 Å². The summed E-state index contributed by atoms with van der Waals surface area (Å²) in [5.41, 5.74) is 2.04. The maximum atomic E-state index is 13.1. The summed E-state index contributed by atoms with van der Waals surface area (Å²) in [6, 6.07) is 11.0. The number of hydrogen-bond acceptors (Lipinski definition) is 6. The smallest absolute Gasteiger partial charge is 0.282 e. The standard InChI is InChI=1S/C24H20N4O4/c29-21-15-9-1-5-13-7-3-11-27(19(13)15)23(31)17(21)25-26-18-22(30)16-10-2-6-14-8-4-12-28(20(14)16)24(18)32/h1-2,5-6,9-10,29-30H,3-4,7-8,11-12H2. The molecule has 0 unspecified atom stereocenters. The molecule has 4 aromatic rings. The van der Waals surface area contributed by atoms with Gasteiger partial charge >= 0.3 is 0 Å². The number of aryl methyl sites for hydroxylation is 4. The van der Waals surface area contributed by atoms with Gasteiger partial charge in [-0.15, -0.1) is 10.2 Å². The molecular formula is C24H20N4O4. The van der Waals surface area contributed by atoms with Crippen molar-refractivity contribution in [3.8, 4) is 11.5 Å². The van der Waals surface area contributed by atoms with E-state index < -0.39 is 11.1 Å². The lowest BCUT2D eigenvalue weighted by atomic mass is 10.0. The lowest BCUT2D eigenvalue weighted by Crippen LogP contribution is -2.25. The quantitative estimate of drug-likeness (QED) is 0.470. The van der Waals surface area contributed by atoms with E-state index in [2.05, 4.69) is 10.2 Å². The first-order valence-electron chi connectivity index (χ1n) is 10.7. The monoisotopic (exact) mass is 428 g/mol. The second-order valence-corrected chi connectivity index (χ2v) is 8.34. The van der Waals surface area contributed by atoms with Crippen LogP contribution in [0.5, 0.6) is 11.5 Å². The van der Waals surface area contributed by atoms with Crippen LogP contribution in [-0.4, -0.2) is 19.3 Å². The van der Waals surface area contributed by atoms with E-state index in [9.17, 15) is 19.8 Å². The van der Waals surface area contributed by atoms with Crippen molar-refractivity contribution in [2.45, 2.75) is 38.8 Å². The predicted molar refractivity (Wildman–Crippen MR) is 121 cm³/mol. The summed E-state index contributed by atoms with van der Waals surface area (Å²) in [5.74, 6) is -0.532. The second kappa shape index (κ2) is 6.78. The SMILES string of the molecule is O=c1c(N=Nc2c(O)c3cccc4c3n(c2=O)CCC4)c(O)c2cccc3c2n1CCC3. The number of para-hydroxylation sites is 2. The summed E-state index contributed by atoms with van der Waals surface area (Å²) in [7, 11) is 0. The predicted octanol–water partition coefficient (Wildman–Crippen LogP) is 4.04. The van der Waals surface area contributed by atoms with E-state index in [1.807, 2.05) is 24.3 Å². The van der Waals surface area contributed by atoms with Crippen molar-refractivity contribution in [2.75, 3.05) is 0 Å². The molecule has 0 radical (unpaired) electrons. The normalized spacial score (nSPS) is 15.1. The minimum absolute atomic E-state index is 0.233. The molecule has 2 N–H and O–H groups in total. The first-order chi connectivity index (χ1) is 15.6. The van der Waals surface area contributed by atoms with Crippen LogP contribution in [0, 0.1) is 0 Å². The van der Waals surface area contributed by atoms with Crippen LogP contribution in [-0.2, 0) is 25.9 Å². The van der Waals surface area contributed by atoms with Gasteiger partial charge in [-0.3, -0.25) is 9.59 Å². The Morgan fingerprint density at radius 3 is 1.56 bits per heavy atom. The molecule has 0 amide bonds. The van der Waals surface area contributed by atoms with Gasteiger partial charge in [0.2, 0.25) is 0 Å². The van der Waals surface area contributed by atoms with Gasteiger partial charge in [0.15, 0.2) is 22.9 Å². The number of pyridine rings is 2. The first-order valence-corrected chi connectivity index (χ1v) is 10.7. The molecule has 8 heteroatoms. The zero-order valence-electron chi connectivity index (χ0n) is 17.2. The maximum Gasteiger partial charge on any atom is 0.282 e. The Bertz CT molecular complexity index is 1480. The van der Waals surface area contributed by atoms with Crippen LogP contribution in [0.2, 0.25) is 0 Å². The molecule has 2 aliphatic heterocycles. The van der Waals surface area contributed by atoms with Crippen LogP contribution in [0.4, 0.5) is 11.4 Å². The molecule has 0 bridgehead atoms. The summed E-state index contributed by atoms with van der Waals surface area (Å²) < 4.78 is 3.21. The van der Waals surface area contributed by atoms with E-state index in [1.54, 1.807) is 21.3 Å². The molecule has 0 atom stereocenters. The van der Waals surface area contributed by atoms with Gasteiger partial charge in [0.05, 0.1) is 11.0 Å². The zero-order valence-corrected chi connectivity index (χ0v) is 17.2. The van der Waals surface area contributed by atoms with Gasteiger partial charge < -0.3 is 19.3 Å². The summed E-state index contributed by atoms with van der Waals surface area (Å²) in [4.78, 5) is 26.2. The third kappa shape index (κ3) is 2.49. The van der Waals surface area contributed by atoms with Crippen molar-refractivity contribution in [1.82, 2.24) is 9.13 Å². The van der Waals surface area contributed by atoms with Crippen LogP contribution >= 0.6 is 0 Å². The fourth-order valence-electron chi connectivity index (χ4n) is 5.08. The minimum Gasteiger partial charge on any atom is -0.505 e.